The normalized spacial score (nSPS) is 10.9. The minimum Gasteiger partial charge on any atom is -0.416 e. The van der Waals surface area contributed by atoms with E-state index in [1.165, 1.54) is 12.1 Å². The number of rotatable bonds is 5. The fourth-order valence-corrected chi connectivity index (χ4v) is 3.28. The standard InChI is InChI=1S/C23H21FN4O2/c1-14-4-10-19(11-5-14)25-21(29)13-28-15(2)12-20(16(28)3)23-27-26-22(30-23)17-6-8-18(24)9-7-17/h4-12H,13H2,1-3H3,(H,25,29). The molecule has 2 heterocycles. The molecule has 152 valence electrons. The first kappa shape index (κ1) is 19.6. The van der Waals surface area contributed by atoms with Crippen LogP contribution in [0.25, 0.3) is 22.9 Å². The van der Waals surface area contributed by atoms with Crippen LogP contribution < -0.4 is 5.32 Å². The van der Waals surface area contributed by atoms with Gasteiger partial charge in [-0.25, -0.2) is 4.39 Å². The SMILES string of the molecule is Cc1ccc(NC(=O)Cn2c(C)cc(-c3nnc(-c4ccc(F)cc4)o3)c2C)cc1. The lowest BCUT2D eigenvalue weighted by molar-refractivity contribution is -0.116. The van der Waals surface area contributed by atoms with Crippen molar-refractivity contribution >= 4 is 11.6 Å². The minimum atomic E-state index is -0.328. The average Bonchev–Trinajstić information content (AvgIpc) is 3.31. The lowest BCUT2D eigenvalue weighted by atomic mass is 10.2. The first-order chi connectivity index (χ1) is 14.4. The van der Waals surface area contributed by atoms with Gasteiger partial charge in [-0.05, 0) is 63.2 Å². The predicted molar refractivity (Wildman–Crippen MR) is 112 cm³/mol. The van der Waals surface area contributed by atoms with E-state index in [2.05, 4.69) is 15.5 Å². The van der Waals surface area contributed by atoms with E-state index in [-0.39, 0.29) is 18.3 Å². The number of hydrogen-bond acceptors (Lipinski definition) is 4. The lowest BCUT2D eigenvalue weighted by Gasteiger charge is -2.10. The predicted octanol–water partition coefficient (Wildman–Crippen LogP) is 4.91. The van der Waals surface area contributed by atoms with E-state index in [1.807, 2.05) is 55.7 Å². The molecule has 0 unspecified atom stereocenters. The maximum Gasteiger partial charge on any atom is 0.249 e. The van der Waals surface area contributed by atoms with Gasteiger partial charge in [-0.1, -0.05) is 17.7 Å². The Morgan fingerprint density at radius 1 is 1.00 bits per heavy atom. The van der Waals surface area contributed by atoms with E-state index in [0.29, 0.717) is 17.3 Å². The first-order valence-electron chi connectivity index (χ1n) is 9.54. The number of aromatic nitrogens is 3. The zero-order chi connectivity index (χ0) is 21.3. The van der Waals surface area contributed by atoms with E-state index >= 15 is 0 Å². The molecule has 0 radical (unpaired) electrons. The van der Waals surface area contributed by atoms with Crippen molar-refractivity contribution in [2.75, 3.05) is 5.32 Å². The number of halogens is 1. The molecule has 1 N–H and O–H groups in total. The molecule has 0 saturated heterocycles. The van der Waals surface area contributed by atoms with Gasteiger partial charge >= 0.3 is 0 Å². The number of hydrogen-bond donors (Lipinski definition) is 1. The second-order valence-electron chi connectivity index (χ2n) is 7.20. The zero-order valence-corrected chi connectivity index (χ0v) is 16.9. The van der Waals surface area contributed by atoms with Crippen molar-refractivity contribution in [2.45, 2.75) is 27.3 Å². The van der Waals surface area contributed by atoms with Gasteiger partial charge in [-0.2, -0.15) is 0 Å². The van der Waals surface area contributed by atoms with Gasteiger partial charge in [0.05, 0.1) is 5.56 Å². The lowest BCUT2D eigenvalue weighted by Crippen LogP contribution is -2.20. The third kappa shape index (κ3) is 4.00. The Labute approximate surface area is 173 Å². The van der Waals surface area contributed by atoms with E-state index in [1.54, 1.807) is 12.1 Å². The number of carbonyl (C=O) groups is 1. The summed E-state index contributed by atoms with van der Waals surface area (Å²) in [5, 5.41) is 11.1. The number of aryl methyl sites for hydroxylation is 2. The van der Waals surface area contributed by atoms with Crippen LogP contribution in [0.4, 0.5) is 10.1 Å². The highest BCUT2D eigenvalue weighted by Gasteiger charge is 2.18. The van der Waals surface area contributed by atoms with Crippen molar-refractivity contribution < 1.29 is 13.6 Å². The Balaban J connectivity index is 1.54. The monoisotopic (exact) mass is 404 g/mol. The van der Waals surface area contributed by atoms with Crippen molar-refractivity contribution in [3.8, 4) is 22.9 Å². The number of anilines is 1. The fourth-order valence-electron chi connectivity index (χ4n) is 3.28. The Bertz CT molecular complexity index is 1190. The van der Waals surface area contributed by atoms with Gasteiger partial charge in [0.15, 0.2) is 0 Å². The summed E-state index contributed by atoms with van der Waals surface area (Å²) >= 11 is 0. The summed E-state index contributed by atoms with van der Waals surface area (Å²) in [6, 6.07) is 15.4. The Morgan fingerprint density at radius 2 is 1.67 bits per heavy atom. The summed E-state index contributed by atoms with van der Waals surface area (Å²) in [6.07, 6.45) is 0. The van der Waals surface area contributed by atoms with E-state index in [0.717, 1.165) is 28.2 Å². The van der Waals surface area contributed by atoms with Crippen LogP contribution in [-0.2, 0) is 11.3 Å². The molecular formula is C23H21FN4O2. The maximum absolute atomic E-state index is 13.1. The average molecular weight is 404 g/mol. The molecule has 4 rings (SSSR count). The summed E-state index contributed by atoms with van der Waals surface area (Å²) in [5.74, 6) is 0.218. The molecule has 2 aromatic heterocycles. The summed E-state index contributed by atoms with van der Waals surface area (Å²) < 4.78 is 20.8. The summed E-state index contributed by atoms with van der Waals surface area (Å²) in [6.45, 7) is 6.00. The van der Waals surface area contributed by atoms with Crippen LogP contribution in [0.3, 0.4) is 0 Å². The van der Waals surface area contributed by atoms with E-state index in [9.17, 15) is 9.18 Å². The molecule has 30 heavy (non-hydrogen) atoms. The zero-order valence-electron chi connectivity index (χ0n) is 16.9. The van der Waals surface area contributed by atoms with Gasteiger partial charge in [0.2, 0.25) is 17.7 Å². The van der Waals surface area contributed by atoms with Gasteiger partial charge in [0, 0.05) is 22.6 Å². The smallest absolute Gasteiger partial charge is 0.249 e. The molecule has 0 atom stereocenters. The highest BCUT2D eigenvalue weighted by Crippen LogP contribution is 2.28. The van der Waals surface area contributed by atoms with Crippen LogP contribution in [0.5, 0.6) is 0 Å². The number of carbonyl (C=O) groups excluding carboxylic acids is 1. The second kappa shape index (κ2) is 7.94. The van der Waals surface area contributed by atoms with Gasteiger partial charge < -0.3 is 14.3 Å². The molecule has 0 spiro atoms. The van der Waals surface area contributed by atoms with Crippen molar-refractivity contribution in [1.82, 2.24) is 14.8 Å². The molecule has 0 aliphatic heterocycles. The summed E-state index contributed by atoms with van der Waals surface area (Å²) in [4.78, 5) is 12.5. The third-order valence-electron chi connectivity index (χ3n) is 4.96. The van der Waals surface area contributed by atoms with Gasteiger partial charge in [0.1, 0.15) is 12.4 Å². The van der Waals surface area contributed by atoms with Crippen LogP contribution in [0.15, 0.2) is 59.0 Å². The Kier molecular flexibility index (Phi) is 5.18. The molecular weight excluding hydrogens is 383 g/mol. The van der Waals surface area contributed by atoms with Crippen LogP contribution in [-0.4, -0.2) is 20.7 Å². The van der Waals surface area contributed by atoms with Crippen molar-refractivity contribution in [1.29, 1.82) is 0 Å². The first-order valence-corrected chi connectivity index (χ1v) is 9.54. The number of benzene rings is 2. The summed E-state index contributed by atoms with van der Waals surface area (Å²) in [5.41, 5.74) is 5.05. The molecule has 2 aromatic carbocycles. The van der Waals surface area contributed by atoms with Crippen molar-refractivity contribution in [3.05, 3.63) is 77.4 Å². The van der Waals surface area contributed by atoms with Gasteiger partial charge in [-0.15, -0.1) is 10.2 Å². The van der Waals surface area contributed by atoms with E-state index in [4.69, 9.17) is 4.42 Å². The second-order valence-corrected chi connectivity index (χ2v) is 7.20. The van der Waals surface area contributed by atoms with Crippen LogP contribution in [0.2, 0.25) is 0 Å². The van der Waals surface area contributed by atoms with E-state index < -0.39 is 0 Å². The summed E-state index contributed by atoms with van der Waals surface area (Å²) in [7, 11) is 0. The molecule has 7 heteroatoms. The molecule has 0 aliphatic carbocycles. The van der Waals surface area contributed by atoms with Crippen LogP contribution in [0.1, 0.15) is 17.0 Å². The number of nitrogens with zero attached hydrogens (tertiary/aromatic N) is 3. The highest BCUT2D eigenvalue weighted by molar-refractivity contribution is 5.90. The van der Waals surface area contributed by atoms with Gasteiger partial charge in [-0.3, -0.25) is 4.79 Å². The topological polar surface area (TPSA) is 73.0 Å². The fraction of sp³-hybridized carbons (Fsp3) is 0.174. The maximum atomic E-state index is 13.1. The molecule has 0 saturated carbocycles. The van der Waals surface area contributed by atoms with Gasteiger partial charge in [0.25, 0.3) is 0 Å². The number of amides is 1. The highest BCUT2D eigenvalue weighted by atomic mass is 19.1. The minimum absolute atomic E-state index is 0.121. The van der Waals surface area contributed by atoms with Crippen molar-refractivity contribution in [3.63, 3.8) is 0 Å². The molecule has 0 aliphatic rings. The molecule has 6 nitrogen and oxygen atoms in total. The van der Waals surface area contributed by atoms with Crippen molar-refractivity contribution in [2.24, 2.45) is 0 Å². The Hall–Kier alpha value is -3.74. The molecule has 4 aromatic rings. The number of nitrogens with one attached hydrogen (secondary N) is 1. The molecule has 0 bridgehead atoms. The Morgan fingerprint density at radius 3 is 2.37 bits per heavy atom. The third-order valence-corrected chi connectivity index (χ3v) is 4.96. The quantitative estimate of drug-likeness (QED) is 0.513. The molecule has 1 amide bonds. The molecule has 0 fully saturated rings. The van der Waals surface area contributed by atoms with Crippen LogP contribution in [0, 0.1) is 26.6 Å². The largest absolute Gasteiger partial charge is 0.416 e. The van der Waals surface area contributed by atoms with Crippen LogP contribution >= 0.6 is 0 Å².